The van der Waals surface area contributed by atoms with Gasteiger partial charge in [0.05, 0.1) is 0 Å². The highest BCUT2D eigenvalue weighted by Gasteiger charge is 1.80. The molecular weight excluding hydrogens is 144 g/mol. The Labute approximate surface area is 77.7 Å². The van der Waals surface area contributed by atoms with Crippen LogP contribution >= 0.6 is 0 Å². The van der Waals surface area contributed by atoms with Crippen LogP contribution in [0.4, 0.5) is 0 Å². The molecule has 12 heavy (non-hydrogen) atoms. The topological polar surface area (TPSA) is 0 Å². The maximum Gasteiger partial charge on any atom is -0.0398 e. The maximum absolute atomic E-state index is 2.17. The highest BCUT2D eigenvalue weighted by Crippen LogP contribution is 2.01. The molecule has 0 nitrogen and oxygen atoms in total. The van der Waals surface area contributed by atoms with Gasteiger partial charge in [-0.05, 0) is 27.7 Å². The molecule has 0 rings (SSSR count). The molecule has 0 saturated heterocycles. The Hall–Kier alpha value is -0.780. The summed E-state index contributed by atoms with van der Waals surface area (Å²) in [6.07, 6.45) is 8.43. The number of allylic oxidation sites excluding steroid dienone is 6. The quantitative estimate of drug-likeness (QED) is 0.530. The first-order chi connectivity index (χ1) is 5.70. The maximum atomic E-state index is 2.17. The molecule has 0 unspecified atom stereocenters. The van der Waals surface area contributed by atoms with Gasteiger partial charge in [-0.25, -0.2) is 0 Å². The highest BCUT2D eigenvalue weighted by molar-refractivity contribution is 5.26. The lowest BCUT2D eigenvalue weighted by atomic mass is 10.2. The van der Waals surface area contributed by atoms with E-state index >= 15 is 0 Å². The molecule has 0 atom stereocenters. The van der Waals surface area contributed by atoms with Crippen LogP contribution in [0.2, 0.25) is 0 Å². The Morgan fingerprint density at radius 1 is 0.917 bits per heavy atom. The Kier molecular flexibility index (Phi) is 11.7. The Balaban J connectivity index is 0. The summed E-state index contributed by atoms with van der Waals surface area (Å²) < 4.78 is 0. The third-order valence-electron chi connectivity index (χ3n) is 1.34. The van der Waals surface area contributed by atoms with Gasteiger partial charge in [-0.3, -0.25) is 0 Å². The normalized spacial score (nSPS) is 12.8. The fourth-order valence-corrected chi connectivity index (χ4v) is 0.753. The van der Waals surface area contributed by atoms with Gasteiger partial charge in [-0.1, -0.05) is 49.3 Å². The van der Waals surface area contributed by atoms with Crippen LogP contribution in [0, 0.1) is 0 Å². The molecule has 0 N–H and O–H groups in total. The van der Waals surface area contributed by atoms with E-state index in [1.54, 1.807) is 0 Å². The molecule has 0 aliphatic heterocycles. The van der Waals surface area contributed by atoms with Gasteiger partial charge in [-0.15, -0.1) is 0 Å². The Bertz CT molecular complexity index is 168. The summed E-state index contributed by atoms with van der Waals surface area (Å²) in [6, 6.07) is 0. The Morgan fingerprint density at radius 3 is 1.75 bits per heavy atom. The van der Waals surface area contributed by atoms with Crippen molar-refractivity contribution in [2.45, 2.75) is 41.5 Å². The Morgan fingerprint density at radius 2 is 1.42 bits per heavy atom. The van der Waals surface area contributed by atoms with Crippen LogP contribution < -0.4 is 0 Å². The molecule has 0 bridgehead atoms. The van der Waals surface area contributed by atoms with Crippen molar-refractivity contribution in [2.24, 2.45) is 0 Å². The van der Waals surface area contributed by atoms with E-state index in [1.165, 1.54) is 11.1 Å². The van der Waals surface area contributed by atoms with Crippen molar-refractivity contribution in [1.82, 2.24) is 0 Å². The second-order valence-corrected chi connectivity index (χ2v) is 2.42. The van der Waals surface area contributed by atoms with Crippen molar-refractivity contribution in [2.75, 3.05) is 0 Å². The average molecular weight is 166 g/mol. The molecule has 0 aromatic heterocycles. The van der Waals surface area contributed by atoms with Crippen molar-refractivity contribution in [1.29, 1.82) is 0 Å². The van der Waals surface area contributed by atoms with Crippen molar-refractivity contribution < 1.29 is 0 Å². The largest absolute Gasteiger partial charge is 0.0874 e. The van der Waals surface area contributed by atoms with E-state index < -0.39 is 0 Å². The van der Waals surface area contributed by atoms with Gasteiger partial charge >= 0.3 is 0 Å². The van der Waals surface area contributed by atoms with Crippen molar-refractivity contribution in [3.05, 3.63) is 35.5 Å². The number of hydrogen-bond acceptors (Lipinski definition) is 0. The van der Waals surface area contributed by atoms with E-state index in [0.29, 0.717) is 0 Å². The molecule has 0 aliphatic carbocycles. The third kappa shape index (κ3) is 9.22. The highest BCUT2D eigenvalue weighted by atomic mass is 13.9. The van der Waals surface area contributed by atoms with E-state index in [-0.39, 0.29) is 0 Å². The summed E-state index contributed by atoms with van der Waals surface area (Å²) >= 11 is 0. The van der Waals surface area contributed by atoms with Crippen molar-refractivity contribution in [3.63, 3.8) is 0 Å². The zero-order chi connectivity index (χ0) is 9.98. The standard InChI is InChI=1S/C10H16.C2H6/c1-5-7-10(4)8-9(3)6-2;1-2/h5-8H,1-4H3;1-2H3/b7-5-,9-6-,10-8-;. The molecule has 0 heteroatoms. The number of rotatable bonds is 2. The summed E-state index contributed by atoms with van der Waals surface area (Å²) in [5.41, 5.74) is 2.62. The first kappa shape index (κ1) is 13.8. The second kappa shape index (κ2) is 10.2. The van der Waals surface area contributed by atoms with Gasteiger partial charge in [-0.2, -0.15) is 0 Å². The minimum absolute atomic E-state index is 1.30. The summed E-state index contributed by atoms with van der Waals surface area (Å²) in [4.78, 5) is 0. The summed E-state index contributed by atoms with van der Waals surface area (Å²) in [7, 11) is 0. The molecule has 0 radical (unpaired) electrons. The van der Waals surface area contributed by atoms with Gasteiger partial charge in [0.25, 0.3) is 0 Å². The van der Waals surface area contributed by atoms with Crippen LogP contribution in [0.25, 0.3) is 0 Å². The monoisotopic (exact) mass is 166 g/mol. The molecule has 0 fully saturated rings. The second-order valence-electron chi connectivity index (χ2n) is 2.42. The van der Waals surface area contributed by atoms with Crippen LogP contribution in [0.1, 0.15) is 41.5 Å². The SMILES string of the molecule is CC.C\C=C/C(C)=C\C(C)=C/C. The zero-order valence-corrected chi connectivity index (χ0v) is 9.31. The predicted octanol–water partition coefficient (Wildman–Crippen LogP) is 4.50. The average Bonchev–Trinajstić information content (AvgIpc) is 2.08. The summed E-state index contributed by atoms with van der Waals surface area (Å²) in [5.74, 6) is 0. The van der Waals surface area contributed by atoms with Crippen LogP contribution in [-0.4, -0.2) is 0 Å². The fraction of sp³-hybridized carbons (Fsp3) is 0.500. The lowest BCUT2D eigenvalue weighted by molar-refractivity contribution is 1.41. The van der Waals surface area contributed by atoms with Gasteiger partial charge in [0.2, 0.25) is 0 Å². The molecule has 0 amide bonds. The van der Waals surface area contributed by atoms with Gasteiger partial charge in [0.15, 0.2) is 0 Å². The van der Waals surface area contributed by atoms with Gasteiger partial charge in [0.1, 0.15) is 0 Å². The van der Waals surface area contributed by atoms with E-state index in [9.17, 15) is 0 Å². The molecule has 0 spiro atoms. The van der Waals surface area contributed by atoms with Gasteiger partial charge < -0.3 is 0 Å². The van der Waals surface area contributed by atoms with E-state index in [0.717, 1.165) is 0 Å². The smallest absolute Gasteiger partial charge is 0.0398 e. The van der Waals surface area contributed by atoms with Crippen LogP contribution in [0.5, 0.6) is 0 Å². The van der Waals surface area contributed by atoms with E-state index in [1.807, 2.05) is 20.8 Å². The van der Waals surface area contributed by atoms with Crippen molar-refractivity contribution in [3.8, 4) is 0 Å². The minimum atomic E-state index is 1.30. The number of hydrogen-bond donors (Lipinski definition) is 0. The van der Waals surface area contributed by atoms with Gasteiger partial charge in [0, 0.05) is 0 Å². The van der Waals surface area contributed by atoms with Crippen molar-refractivity contribution >= 4 is 0 Å². The predicted molar refractivity (Wildman–Crippen MR) is 59.4 cm³/mol. The molecule has 0 aromatic rings. The third-order valence-corrected chi connectivity index (χ3v) is 1.34. The first-order valence-corrected chi connectivity index (χ1v) is 4.64. The lowest BCUT2D eigenvalue weighted by Gasteiger charge is -1.91. The molecule has 0 aromatic carbocycles. The first-order valence-electron chi connectivity index (χ1n) is 4.64. The summed E-state index contributed by atoms with van der Waals surface area (Å²) in [5, 5.41) is 0. The molecule has 0 heterocycles. The molecular formula is C12H22. The van der Waals surface area contributed by atoms with Crippen LogP contribution in [0.15, 0.2) is 35.5 Å². The molecule has 0 aliphatic rings. The van der Waals surface area contributed by atoms with Crippen LogP contribution in [0.3, 0.4) is 0 Å². The van der Waals surface area contributed by atoms with E-state index in [4.69, 9.17) is 0 Å². The van der Waals surface area contributed by atoms with E-state index in [2.05, 4.69) is 45.1 Å². The lowest BCUT2D eigenvalue weighted by Crippen LogP contribution is -1.70. The molecule has 70 valence electrons. The van der Waals surface area contributed by atoms with Crippen LogP contribution in [-0.2, 0) is 0 Å². The minimum Gasteiger partial charge on any atom is -0.0874 e. The zero-order valence-electron chi connectivity index (χ0n) is 9.31. The molecule has 0 saturated carbocycles. The fourth-order valence-electron chi connectivity index (χ4n) is 0.753. The summed E-state index contributed by atoms with van der Waals surface area (Å²) in [6.45, 7) is 12.3.